The number of hydrogen-bond acceptors (Lipinski definition) is 4. The highest BCUT2D eigenvalue weighted by Gasteiger charge is 2.22. The summed E-state index contributed by atoms with van der Waals surface area (Å²) in [5.41, 5.74) is 1.55. The molecule has 2 amide bonds. The molecule has 0 radical (unpaired) electrons. The molecule has 0 heterocycles. The van der Waals surface area contributed by atoms with Crippen LogP contribution in [0.5, 0.6) is 0 Å². The van der Waals surface area contributed by atoms with Crippen LogP contribution in [0.1, 0.15) is 30.5 Å². The number of anilines is 1. The third-order valence-corrected chi connectivity index (χ3v) is 6.58. The third kappa shape index (κ3) is 5.79. The van der Waals surface area contributed by atoms with Crippen molar-refractivity contribution in [3.8, 4) is 0 Å². The number of sulfonamides is 1. The van der Waals surface area contributed by atoms with E-state index in [0.29, 0.717) is 21.8 Å². The second kappa shape index (κ2) is 9.39. The Morgan fingerprint density at radius 3 is 2.38 bits per heavy atom. The first-order valence-electron chi connectivity index (χ1n) is 8.87. The van der Waals surface area contributed by atoms with Gasteiger partial charge in [-0.1, -0.05) is 35.9 Å². The molecule has 0 spiro atoms. The Morgan fingerprint density at radius 1 is 1.14 bits per heavy atom. The number of carbonyl (C=O) groups is 2. The predicted octanol–water partition coefficient (Wildman–Crippen LogP) is 3.10. The van der Waals surface area contributed by atoms with Crippen LogP contribution in [0.3, 0.4) is 0 Å². The molecule has 7 nitrogen and oxygen atoms in total. The highest BCUT2D eigenvalue weighted by atomic mass is 35.5. The van der Waals surface area contributed by atoms with Crippen molar-refractivity contribution in [1.29, 1.82) is 0 Å². The minimum absolute atomic E-state index is 0.0625. The van der Waals surface area contributed by atoms with Crippen molar-refractivity contribution in [3.63, 3.8) is 0 Å². The Balaban J connectivity index is 2.25. The number of hydrogen-bond donors (Lipinski definition) is 2. The van der Waals surface area contributed by atoms with E-state index in [-0.39, 0.29) is 23.1 Å². The molecule has 1 atom stereocenters. The van der Waals surface area contributed by atoms with Crippen molar-refractivity contribution < 1.29 is 18.0 Å². The van der Waals surface area contributed by atoms with E-state index >= 15 is 0 Å². The van der Waals surface area contributed by atoms with Gasteiger partial charge in [-0.2, -0.15) is 0 Å². The van der Waals surface area contributed by atoms with Gasteiger partial charge in [0.1, 0.15) is 0 Å². The quantitative estimate of drug-likeness (QED) is 0.695. The summed E-state index contributed by atoms with van der Waals surface area (Å²) >= 11 is 6.21. The van der Waals surface area contributed by atoms with Crippen molar-refractivity contribution in [3.05, 3.63) is 58.6 Å². The molecule has 2 N–H and O–H groups in total. The Hall–Kier alpha value is -2.42. The van der Waals surface area contributed by atoms with Crippen molar-refractivity contribution in [2.45, 2.75) is 31.2 Å². The van der Waals surface area contributed by atoms with Gasteiger partial charge in [-0.25, -0.2) is 12.7 Å². The first kappa shape index (κ1) is 22.9. The number of aryl methyl sites for hydroxylation is 1. The molecule has 29 heavy (non-hydrogen) atoms. The maximum atomic E-state index is 12.6. The lowest BCUT2D eigenvalue weighted by atomic mass is 10.0. The predicted molar refractivity (Wildman–Crippen MR) is 113 cm³/mol. The summed E-state index contributed by atoms with van der Waals surface area (Å²) in [6.45, 7) is 3.05. The highest BCUT2D eigenvalue weighted by molar-refractivity contribution is 7.89. The average Bonchev–Trinajstić information content (AvgIpc) is 2.62. The van der Waals surface area contributed by atoms with Crippen LogP contribution in [0, 0.1) is 6.92 Å². The topological polar surface area (TPSA) is 95.6 Å². The Morgan fingerprint density at radius 2 is 1.79 bits per heavy atom. The SMILES string of the molecule is CC(=O)N[C@H](CC(=O)Nc1ccc(C)c(S(=O)(=O)N(C)C)c1)c1ccccc1Cl. The number of amides is 2. The smallest absolute Gasteiger partial charge is 0.242 e. The van der Waals surface area contributed by atoms with Crippen LogP contribution in [0.15, 0.2) is 47.4 Å². The zero-order valence-electron chi connectivity index (χ0n) is 16.7. The minimum Gasteiger partial charge on any atom is -0.349 e. The Bertz CT molecular complexity index is 1020. The molecule has 0 unspecified atom stereocenters. The van der Waals surface area contributed by atoms with E-state index in [0.717, 1.165) is 4.31 Å². The summed E-state index contributed by atoms with van der Waals surface area (Å²) in [6, 6.07) is 11.0. The number of halogens is 1. The Labute approximate surface area is 176 Å². The van der Waals surface area contributed by atoms with Crippen LogP contribution < -0.4 is 10.6 Å². The van der Waals surface area contributed by atoms with Crippen LogP contribution in [-0.4, -0.2) is 38.6 Å². The molecule has 0 saturated carbocycles. The number of rotatable bonds is 7. The third-order valence-electron chi connectivity index (χ3n) is 4.28. The van der Waals surface area contributed by atoms with Crippen LogP contribution in [-0.2, 0) is 19.6 Å². The van der Waals surface area contributed by atoms with E-state index in [2.05, 4.69) is 10.6 Å². The van der Waals surface area contributed by atoms with Crippen LogP contribution >= 0.6 is 11.6 Å². The summed E-state index contributed by atoms with van der Waals surface area (Å²) in [7, 11) is -0.754. The molecule has 156 valence electrons. The summed E-state index contributed by atoms with van der Waals surface area (Å²) < 4.78 is 26.0. The van der Waals surface area contributed by atoms with Gasteiger partial charge in [-0.3, -0.25) is 9.59 Å². The van der Waals surface area contributed by atoms with E-state index in [9.17, 15) is 18.0 Å². The normalized spacial score (nSPS) is 12.5. The van der Waals surface area contributed by atoms with Gasteiger partial charge in [0, 0.05) is 31.7 Å². The summed E-state index contributed by atoms with van der Waals surface area (Å²) in [5, 5.41) is 5.86. The minimum atomic E-state index is -3.65. The lowest BCUT2D eigenvalue weighted by molar-refractivity contribution is -0.120. The fraction of sp³-hybridized carbons (Fsp3) is 0.300. The fourth-order valence-electron chi connectivity index (χ4n) is 2.79. The Kier molecular flexibility index (Phi) is 7.40. The van der Waals surface area contributed by atoms with Gasteiger partial charge >= 0.3 is 0 Å². The van der Waals surface area contributed by atoms with Gasteiger partial charge in [0.25, 0.3) is 0 Å². The van der Waals surface area contributed by atoms with Crippen molar-refractivity contribution in [1.82, 2.24) is 9.62 Å². The lowest BCUT2D eigenvalue weighted by Crippen LogP contribution is -2.30. The molecule has 0 bridgehead atoms. The summed E-state index contributed by atoms with van der Waals surface area (Å²) in [4.78, 5) is 24.3. The standard InChI is InChI=1S/C20H24ClN3O4S/c1-13-9-10-15(11-19(13)29(27,28)24(3)4)23-20(26)12-18(22-14(2)25)16-7-5-6-8-17(16)21/h5-11,18H,12H2,1-4H3,(H,22,25)(H,23,26)/t18-/m1/s1. The first-order chi connectivity index (χ1) is 13.5. The van der Waals surface area contributed by atoms with Crippen LogP contribution in [0.25, 0.3) is 0 Å². The van der Waals surface area contributed by atoms with Crippen molar-refractivity contribution in [2.24, 2.45) is 0 Å². The molecular formula is C20H24ClN3O4S. The summed E-state index contributed by atoms with van der Waals surface area (Å²) in [5.74, 6) is -0.682. The number of benzene rings is 2. The van der Waals surface area contributed by atoms with Gasteiger partial charge in [-0.05, 0) is 36.2 Å². The van der Waals surface area contributed by atoms with Crippen molar-refractivity contribution >= 4 is 39.1 Å². The monoisotopic (exact) mass is 437 g/mol. The van der Waals surface area contributed by atoms with E-state index in [1.54, 1.807) is 43.3 Å². The highest BCUT2D eigenvalue weighted by Crippen LogP contribution is 2.26. The summed E-state index contributed by atoms with van der Waals surface area (Å²) in [6.07, 6.45) is -0.0625. The van der Waals surface area contributed by atoms with E-state index in [4.69, 9.17) is 11.6 Å². The molecule has 0 saturated heterocycles. The fourth-order valence-corrected chi connectivity index (χ4v) is 4.20. The van der Waals surface area contributed by atoms with Gasteiger partial charge in [-0.15, -0.1) is 0 Å². The second-order valence-electron chi connectivity index (χ2n) is 6.79. The number of nitrogens with one attached hydrogen (secondary N) is 2. The van der Waals surface area contributed by atoms with E-state index < -0.39 is 16.1 Å². The molecule has 0 aromatic heterocycles. The lowest BCUT2D eigenvalue weighted by Gasteiger charge is -2.20. The molecule has 2 aromatic rings. The molecule has 9 heteroatoms. The zero-order valence-corrected chi connectivity index (χ0v) is 18.3. The molecular weight excluding hydrogens is 414 g/mol. The van der Waals surface area contributed by atoms with Gasteiger partial charge in [0.2, 0.25) is 21.8 Å². The first-order valence-corrected chi connectivity index (χ1v) is 10.7. The maximum absolute atomic E-state index is 12.6. The second-order valence-corrected chi connectivity index (χ2v) is 9.32. The number of carbonyl (C=O) groups excluding carboxylic acids is 2. The van der Waals surface area contributed by atoms with Gasteiger partial charge < -0.3 is 10.6 Å². The van der Waals surface area contributed by atoms with Gasteiger partial charge in [0.05, 0.1) is 17.4 Å². The molecule has 2 aromatic carbocycles. The molecule has 0 aliphatic rings. The van der Waals surface area contributed by atoms with Gasteiger partial charge in [0.15, 0.2) is 0 Å². The number of nitrogens with zero attached hydrogens (tertiary/aromatic N) is 1. The zero-order chi connectivity index (χ0) is 21.8. The van der Waals surface area contributed by atoms with Crippen LogP contribution in [0.4, 0.5) is 5.69 Å². The van der Waals surface area contributed by atoms with E-state index in [1.165, 1.54) is 27.1 Å². The molecule has 2 rings (SSSR count). The van der Waals surface area contributed by atoms with Crippen LogP contribution in [0.2, 0.25) is 5.02 Å². The largest absolute Gasteiger partial charge is 0.349 e. The average molecular weight is 438 g/mol. The molecule has 0 aliphatic carbocycles. The van der Waals surface area contributed by atoms with Crippen molar-refractivity contribution in [2.75, 3.05) is 19.4 Å². The molecule has 0 aliphatic heterocycles. The maximum Gasteiger partial charge on any atom is 0.242 e. The molecule has 0 fully saturated rings. The van der Waals surface area contributed by atoms with E-state index in [1.807, 2.05) is 0 Å².